The normalized spacial score (nSPS) is 20.5. The smallest absolute Gasteiger partial charge is 0.254 e. The van der Waals surface area contributed by atoms with Crippen molar-refractivity contribution in [2.45, 2.75) is 19.5 Å². The molecule has 0 aliphatic carbocycles. The van der Waals surface area contributed by atoms with Gasteiger partial charge in [-0.25, -0.2) is 0 Å². The molecule has 1 amide bonds. The zero-order chi connectivity index (χ0) is 24.1. The van der Waals surface area contributed by atoms with E-state index in [-0.39, 0.29) is 15.8 Å². The number of nitrogens with zero attached hydrogens (tertiary/aromatic N) is 7. The molecule has 0 radical (unpaired) electrons. The highest BCUT2D eigenvalue weighted by molar-refractivity contribution is 7.09. The summed E-state index contributed by atoms with van der Waals surface area (Å²) in [6.07, 6.45) is 0. The van der Waals surface area contributed by atoms with Gasteiger partial charge in [-0.2, -0.15) is 9.36 Å². The third-order valence-corrected chi connectivity index (χ3v) is 5.30. The topological polar surface area (TPSA) is 80.0 Å². The fraction of sp³-hybridized carbons (Fsp3) is 0.353. The zero-order valence-corrected chi connectivity index (χ0v) is 15.7. The Morgan fingerprint density at radius 1 is 1.30 bits per heavy atom. The molecular weight excluding hydrogens is 386 g/mol. The molecule has 27 heavy (non-hydrogen) atoms. The predicted molar refractivity (Wildman–Crippen MR) is 104 cm³/mol. The Bertz CT molecular complexity index is 1160. The number of fused-ring (bicyclic) bond motifs is 1. The number of hydrogen-bond donors (Lipinski definition) is 0. The van der Waals surface area contributed by atoms with E-state index in [1.807, 2.05) is 6.92 Å². The molecule has 4 rings (SSSR count). The fourth-order valence-electron chi connectivity index (χ4n) is 2.98. The first-order valence-corrected chi connectivity index (χ1v) is 9.17. The molecule has 1 aliphatic rings. The van der Waals surface area contributed by atoms with Gasteiger partial charge >= 0.3 is 0 Å². The average molecular weight is 410 g/mol. The summed E-state index contributed by atoms with van der Waals surface area (Å²) in [5.41, 5.74) is 0.502. The number of benzene rings is 1. The lowest BCUT2D eigenvalue weighted by Gasteiger charge is -2.33. The van der Waals surface area contributed by atoms with Gasteiger partial charge in [0.1, 0.15) is 0 Å². The minimum Gasteiger partial charge on any atom is -0.346 e. The summed E-state index contributed by atoms with van der Waals surface area (Å²) in [7, 11) is 0. The fourth-order valence-corrected chi connectivity index (χ4v) is 3.75. The summed E-state index contributed by atoms with van der Waals surface area (Å²) in [5, 5.41) is 9.13. The molecule has 0 bridgehead atoms. The van der Waals surface area contributed by atoms with E-state index < -0.39 is 25.9 Å². The van der Waals surface area contributed by atoms with Crippen LogP contribution in [0.15, 0.2) is 24.3 Å². The van der Waals surface area contributed by atoms with Crippen molar-refractivity contribution in [3.63, 3.8) is 0 Å². The number of rotatable bonds is 3. The van der Waals surface area contributed by atoms with Gasteiger partial charge in [0.2, 0.25) is 5.95 Å². The van der Waals surface area contributed by atoms with Crippen LogP contribution >= 0.6 is 23.1 Å². The summed E-state index contributed by atoms with van der Waals surface area (Å²) in [6.45, 7) is -3.33. The molecule has 0 spiro atoms. The Morgan fingerprint density at radius 2 is 2.07 bits per heavy atom. The van der Waals surface area contributed by atoms with E-state index in [1.165, 1.54) is 0 Å². The SMILES string of the molecule is [2H]C([2H])([2H])N(c1nsc(-c2nnc3n2CCN(C(=O)c2ccc(Cl)cc2)[C@@H]3C)n1)C([2H])([2H])[2H]. The molecule has 140 valence electrons. The van der Waals surface area contributed by atoms with Crippen molar-refractivity contribution >= 4 is 35.0 Å². The Labute approximate surface area is 174 Å². The van der Waals surface area contributed by atoms with Crippen LogP contribution in [-0.4, -0.2) is 55.4 Å². The highest BCUT2D eigenvalue weighted by Gasteiger charge is 2.32. The number of aromatic nitrogens is 5. The molecule has 3 aromatic rings. The standard InChI is InChI=1S/C17H18ClN7OS/c1-10-13-20-21-14(15-19-17(22-27-15)23(2)3)25(13)9-8-24(10)16(26)11-4-6-12(18)7-5-11/h4-7,10H,8-9H2,1-3H3/t10-/m1/s1/i2D3,3D3. The van der Waals surface area contributed by atoms with Crippen LogP contribution in [0.1, 0.15) is 37.4 Å². The summed E-state index contributed by atoms with van der Waals surface area (Å²) < 4.78 is 50.9. The maximum Gasteiger partial charge on any atom is 0.254 e. The van der Waals surface area contributed by atoms with E-state index in [9.17, 15) is 4.79 Å². The molecule has 2 aromatic heterocycles. The molecule has 8 nitrogen and oxygen atoms in total. The number of amides is 1. The van der Waals surface area contributed by atoms with Crippen molar-refractivity contribution in [2.24, 2.45) is 0 Å². The van der Waals surface area contributed by atoms with E-state index >= 15 is 0 Å². The molecule has 0 saturated carbocycles. The molecule has 0 N–H and O–H groups in total. The Hall–Kier alpha value is -2.52. The van der Waals surface area contributed by atoms with Crippen molar-refractivity contribution in [1.82, 2.24) is 29.0 Å². The number of carbonyl (C=O) groups is 1. The molecule has 1 aromatic carbocycles. The van der Waals surface area contributed by atoms with Crippen LogP contribution in [0.25, 0.3) is 10.8 Å². The molecule has 10 heteroatoms. The van der Waals surface area contributed by atoms with Crippen LogP contribution in [0.3, 0.4) is 0 Å². The second kappa shape index (κ2) is 6.90. The highest BCUT2D eigenvalue weighted by Crippen LogP contribution is 2.30. The van der Waals surface area contributed by atoms with E-state index in [0.29, 0.717) is 35.3 Å². The van der Waals surface area contributed by atoms with Crippen LogP contribution in [0.4, 0.5) is 5.95 Å². The highest BCUT2D eigenvalue weighted by atomic mass is 35.5. The maximum absolute atomic E-state index is 13.0. The lowest BCUT2D eigenvalue weighted by atomic mass is 10.1. The predicted octanol–water partition coefficient (Wildman–Crippen LogP) is 2.73. The molecule has 1 atom stereocenters. The van der Waals surface area contributed by atoms with Crippen LogP contribution in [-0.2, 0) is 6.54 Å². The monoisotopic (exact) mass is 409 g/mol. The summed E-state index contributed by atoms with van der Waals surface area (Å²) in [6, 6.07) is 6.23. The van der Waals surface area contributed by atoms with Gasteiger partial charge in [0.15, 0.2) is 16.7 Å². The van der Waals surface area contributed by atoms with Gasteiger partial charge in [-0.15, -0.1) is 10.2 Å². The van der Waals surface area contributed by atoms with Crippen molar-refractivity contribution in [3.8, 4) is 10.8 Å². The van der Waals surface area contributed by atoms with Gasteiger partial charge in [0.05, 0.1) is 6.04 Å². The van der Waals surface area contributed by atoms with E-state index in [2.05, 4.69) is 19.6 Å². The summed E-state index contributed by atoms with van der Waals surface area (Å²) >= 11 is 6.74. The average Bonchev–Trinajstić information content (AvgIpc) is 3.33. The lowest BCUT2D eigenvalue weighted by Crippen LogP contribution is -2.41. The van der Waals surface area contributed by atoms with Crippen LogP contribution in [0, 0.1) is 0 Å². The second-order valence-electron chi connectivity index (χ2n) is 5.95. The van der Waals surface area contributed by atoms with Gasteiger partial charge in [-0.3, -0.25) is 4.79 Å². The first-order valence-electron chi connectivity index (χ1n) is 11.0. The van der Waals surface area contributed by atoms with E-state index in [4.69, 9.17) is 19.8 Å². The van der Waals surface area contributed by atoms with Crippen molar-refractivity contribution in [2.75, 3.05) is 25.4 Å². The van der Waals surface area contributed by atoms with E-state index in [1.54, 1.807) is 33.7 Å². The Kier molecular flexibility index (Phi) is 3.08. The molecule has 0 saturated heterocycles. The summed E-state index contributed by atoms with van der Waals surface area (Å²) in [4.78, 5) is 19.0. The number of hydrogen-bond acceptors (Lipinski definition) is 7. The molecule has 0 unspecified atom stereocenters. The van der Waals surface area contributed by atoms with Crippen LogP contribution < -0.4 is 4.90 Å². The van der Waals surface area contributed by atoms with Crippen LogP contribution in [0.2, 0.25) is 5.02 Å². The zero-order valence-electron chi connectivity index (χ0n) is 20.1. The maximum atomic E-state index is 13.0. The summed E-state index contributed by atoms with van der Waals surface area (Å²) in [5.74, 6) is 0.254. The Morgan fingerprint density at radius 3 is 2.81 bits per heavy atom. The van der Waals surface area contributed by atoms with Gasteiger partial charge in [-0.05, 0) is 42.7 Å². The molecule has 0 fully saturated rings. The lowest BCUT2D eigenvalue weighted by molar-refractivity contribution is 0.0638. The molecular formula is C17H18ClN7OS. The molecule has 3 heterocycles. The quantitative estimate of drug-likeness (QED) is 0.661. The largest absolute Gasteiger partial charge is 0.346 e. The number of halogens is 1. The first-order chi connectivity index (χ1) is 15.4. The van der Waals surface area contributed by atoms with Crippen LogP contribution in [0.5, 0.6) is 0 Å². The van der Waals surface area contributed by atoms with Gasteiger partial charge in [-0.1, -0.05) is 11.6 Å². The minimum absolute atomic E-state index is 0.167. The van der Waals surface area contributed by atoms with E-state index in [0.717, 1.165) is 11.5 Å². The second-order valence-corrected chi connectivity index (χ2v) is 7.14. The third kappa shape index (κ3) is 3.17. The number of anilines is 1. The number of carbonyl (C=O) groups excluding carboxylic acids is 1. The van der Waals surface area contributed by atoms with Crippen molar-refractivity contribution < 1.29 is 13.0 Å². The van der Waals surface area contributed by atoms with Crippen molar-refractivity contribution in [3.05, 3.63) is 40.7 Å². The van der Waals surface area contributed by atoms with Gasteiger partial charge in [0, 0.05) is 45.9 Å². The van der Waals surface area contributed by atoms with Gasteiger partial charge in [0.25, 0.3) is 5.91 Å². The van der Waals surface area contributed by atoms with Crippen molar-refractivity contribution in [1.29, 1.82) is 0 Å². The van der Waals surface area contributed by atoms with Gasteiger partial charge < -0.3 is 14.4 Å². The molecule has 1 aliphatic heterocycles. The third-order valence-electron chi connectivity index (χ3n) is 4.34. The Balaban J connectivity index is 1.62. The minimum atomic E-state index is -2.95. The first kappa shape index (κ1) is 12.0.